The minimum absolute atomic E-state index is 0.630. The summed E-state index contributed by atoms with van der Waals surface area (Å²) in [6, 6.07) is 0. The fraction of sp³-hybridized carbons (Fsp3) is 1.00. The minimum Gasteiger partial charge on any atom is -0.206 e. The minimum atomic E-state index is -4.40. The van der Waals surface area contributed by atoms with Crippen molar-refractivity contribution in [3.05, 3.63) is 0 Å². The average molecular weight is 199 g/mol. The highest BCUT2D eigenvalue weighted by Gasteiger charge is 2.38. The molecule has 0 saturated heterocycles. The first-order valence-corrected chi connectivity index (χ1v) is 5.21. The van der Waals surface area contributed by atoms with Crippen molar-refractivity contribution in [2.24, 2.45) is 0 Å². The van der Waals surface area contributed by atoms with Crippen LogP contribution in [-0.4, -0.2) is 19.7 Å². The van der Waals surface area contributed by atoms with Crippen LogP contribution in [0.25, 0.3) is 0 Å². The maximum absolute atomic E-state index is 11.9. The van der Waals surface area contributed by atoms with E-state index < -0.39 is 21.3 Å². The molecule has 0 bridgehead atoms. The van der Waals surface area contributed by atoms with E-state index in [1.54, 1.807) is 6.92 Å². The lowest BCUT2D eigenvalue weighted by Crippen LogP contribution is -2.52. The lowest BCUT2D eigenvalue weighted by atomic mass is 9.80. The van der Waals surface area contributed by atoms with Crippen LogP contribution in [0.2, 0.25) is 0 Å². The molecule has 0 spiro atoms. The summed E-state index contributed by atoms with van der Waals surface area (Å²) in [7, 11) is -4.40. The van der Waals surface area contributed by atoms with Gasteiger partial charge in [0.2, 0.25) is 0 Å². The topological polar surface area (TPSA) is 46.2 Å². The fourth-order valence-electron chi connectivity index (χ4n) is 1.20. The Bertz CT molecular complexity index is 259. The third-order valence-corrected chi connectivity index (χ3v) is 3.33. The molecule has 0 amide bonds. The van der Waals surface area contributed by atoms with Gasteiger partial charge in [-0.05, 0) is 26.2 Å². The smallest absolute Gasteiger partial charge is 0.206 e. The van der Waals surface area contributed by atoms with Gasteiger partial charge in [0.25, 0.3) is 10.0 Å². The second-order valence-electron chi connectivity index (χ2n) is 3.32. The third kappa shape index (κ3) is 1.92. The lowest BCUT2D eigenvalue weighted by molar-refractivity contribution is 0.210. The quantitative estimate of drug-likeness (QED) is 0.739. The second-order valence-corrected chi connectivity index (χ2v) is 4.97. The summed E-state index contributed by atoms with van der Waals surface area (Å²) in [6.45, 7) is 1.64. The third-order valence-electron chi connectivity index (χ3n) is 2.08. The Morgan fingerprint density at radius 3 is 2.17 bits per heavy atom. The highest BCUT2D eigenvalue weighted by atomic mass is 32.2. The molecule has 72 valence electrons. The van der Waals surface area contributed by atoms with Crippen molar-refractivity contribution in [1.82, 2.24) is 4.72 Å². The van der Waals surface area contributed by atoms with Crippen LogP contribution in [0.4, 0.5) is 8.78 Å². The van der Waals surface area contributed by atoms with Crippen molar-refractivity contribution in [3.8, 4) is 0 Å². The van der Waals surface area contributed by atoms with Gasteiger partial charge in [-0.15, -0.1) is 0 Å². The normalized spacial score (nSPS) is 22.3. The molecule has 1 rings (SSSR count). The van der Waals surface area contributed by atoms with Crippen molar-refractivity contribution >= 4 is 10.0 Å². The van der Waals surface area contributed by atoms with Crippen molar-refractivity contribution in [2.45, 2.75) is 37.5 Å². The van der Waals surface area contributed by atoms with E-state index in [0.717, 1.165) is 6.42 Å². The van der Waals surface area contributed by atoms with Crippen LogP contribution in [0.1, 0.15) is 26.2 Å². The molecule has 0 radical (unpaired) electrons. The Labute approximate surface area is 70.2 Å². The molecule has 6 heteroatoms. The Morgan fingerprint density at radius 1 is 1.42 bits per heavy atom. The first kappa shape index (κ1) is 9.85. The first-order valence-electron chi connectivity index (χ1n) is 3.67. The van der Waals surface area contributed by atoms with E-state index >= 15 is 0 Å². The largest absolute Gasteiger partial charge is 0.350 e. The molecule has 1 N–H and O–H groups in total. The zero-order chi connectivity index (χ0) is 9.41. The van der Waals surface area contributed by atoms with Gasteiger partial charge in [-0.2, -0.15) is 8.78 Å². The monoisotopic (exact) mass is 199 g/mol. The molecule has 0 aliphatic heterocycles. The molecule has 0 aromatic heterocycles. The summed E-state index contributed by atoms with van der Waals surface area (Å²) in [6.07, 6.45) is 2.17. The Balaban J connectivity index is 2.61. The number of halogens is 2. The van der Waals surface area contributed by atoms with Gasteiger partial charge >= 0.3 is 5.76 Å². The number of sulfonamides is 1. The van der Waals surface area contributed by atoms with Crippen molar-refractivity contribution in [1.29, 1.82) is 0 Å². The molecular formula is C6H11F2NO2S. The molecule has 3 nitrogen and oxygen atoms in total. The summed E-state index contributed by atoms with van der Waals surface area (Å²) in [5, 5.41) is 0. The van der Waals surface area contributed by atoms with Crippen molar-refractivity contribution in [2.75, 3.05) is 0 Å². The molecule has 0 aromatic rings. The Hall–Kier alpha value is -0.230. The van der Waals surface area contributed by atoms with E-state index in [-0.39, 0.29) is 0 Å². The van der Waals surface area contributed by atoms with Crippen LogP contribution in [0.15, 0.2) is 0 Å². The molecule has 0 atom stereocenters. The number of nitrogens with one attached hydrogen (secondary N) is 1. The van der Waals surface area contributed by atoms with E-state index in [0.29, 0.717) is 12.8 Å². The molecule has 1 aliphatic carbocycles. The van der Waals surface area contributed by atoms with Crippen molar-refractivity contribution < 1.29 is 17.2 Å². The summed E-state index contributed by atoms with van der Waals surface area (Å²) < 4.78 is 47.1. The molecule has 0 heterocycles. The van der Waals surface area contributed by atoms with Crippen LogP contribution in [0, 0.1) is 0 Å². The average Bonchev–Trinajstić information content (AvgIpc) is 1.83. The van der Waals surface area contributed by atoms with E-state index in [9.17, 15) is 17.2 Å². The maximum atomic E-state index is 11.9. The van der Waals surface area contributed by atoms with Crippen LogP contribution >= 0.6 is 0 Å². The van der Waals surface area contributed by atoms with Gasteiger partial charge in [-0.25, -0.2) is 13.1 Å². The molecular weight excluding hydrogens is 188 g/mol. The Kier molecular flexibility index (Phi) is 2.40. The molecule has 0 aromatic carbocycles. The number of hydrogen-bond acceptors (Lipinski definition) is 2. The zero-order valence-electron chi connectivity index (χ0n) is 6.68. The zero-order valence-corrected chi connectivity index (χ0v) is 7.50. The molecule has 0 unspecified atom stereocenters. The molecule has 1 saturated carbocycles. The van der Waals surface area contributed by atoms with Crippen molar-refractivity contribution in [3.63, 3.8) is 0 Å². The summed E-state index contributed by atoms with van der Waals surface area (Å²) in [5.41, 5.74) is -0.630. The summed E-state index contributed by atoms with van der Waals surface area (Å²) >= 11 is 0. The van der Waals surface area contributed by atoms with Crippen LogP contribution in [0.5, 0.6) is 0 Å². The second kappa shape index (κ2) is 2.92. The van der Waals surface area contributed by atoms with Gasteiger partial charge in [-0.1, -0.05) is 0 Å². The van der Waals surface area contributed by atoms with Gasteiger partial charge in [0.1, 0.15) is 0 Å². The fourth-order valence-corrected chi connectivity index (χ4v) is 2.18. The van der Waals surface area contributed by atoms with E-state index in [4.69, 9.17) is 0 Å². The Morgan fingerprint density at radius 2 is 1.92 bits per heavy atom. The predicted molar refractivity (Wildman–Crippen MR) is 40.3 cm³/mol. The first-order chi connectivity index (χ1) is 5.36. The van der Waals surface area contributed by atoms with Crippen LogP contribution in [0.3, 0.4) is 0 Å². The number of alkyl halides is 2. The standard InChI is InChI=1S/C6H11F2NO2S/c1-6(3-2-4-6)9-12(10,11)5(7)8/h5,9H,2-4H2,1H3. The molecule has 12 heavy (non-hydrogen) atoms. The van der Waals surface area contributed by atoms with Crippen LogP contribution in [-0.2, 0) is 10.0 Å². The van der Waals surface area contributed by atoms with Gasteiger partial charge < -0.3 is 0 Å². The van der Waals surface area contributed by atoms with Gasteiger partial charge in [0, 0.05) is 5.54 Å². The predicted octanol–water partition coefficient (Wildman–Crippen LogP) is 1.07. The summed E-state index contributed by atoms with van der Waals surface area (Å²) in [4.78, 5) is 0. The van der Waals surface area contributed by atoms with Gasteiger partial charge in [0.15, 0.2) is 0 Å². The number of rotatable bonds is 3. The van der Waals surface area contributed by atoms with E-state index in [1.807, 2.05) is 4.72 Å². The highest BCUT2D eigenvalue weighted by Crippen LogP contribution is 2.32. The maximum Gasteiger partial charge on any atom is 0.350 e. The molecule has 1 aliphatic rings. The summed E-state index contributed by atoms with van der Waals surface area (Å²) in [5.74, 6) is -3.32. The van der Waals surface area contributed by atoms with Gasteiger partial charge in [0.05, 0.1) is 0 Å². The van der Waals surface area contributed by atoms with Gasteiger partial charge in [-0.3, -0.25) is 0 Å². The highest BCUT2D eigenvalue weighted by molar-refractivity contribution is 7.89. The van der Waals surface area contributed by atoms with E-state index in [1.165, 1.54) is 0 Å². The number of hydrogen-bond donors (Lipinski definition) is 1. The molecule has 1 fully saturated rings. The lowest BCUT2D eigenvalue weighted by Gasteiger charge is -2.38. The SMILES string of the molecule is CC1(NS(=O)(=O)C(F)F)CCC1. The van der Waals surface area contributed by atoms with Crippen LogP contribution < -0.4 is 4.72 Å². The van der Waals surface area contributed by atoms with E-state index in [2.05, 4.69) is 0 Å².